The number of likely N-dealkylation sites (N-methyl/N-ethyl adjacent to an activating group) is 1. The summed E-state index contributed by atoms with van der Waals surface area (Å²) in [5.74, 6) is 7.50. The summed E-state index contributed by atoms with van der Waals surface area (Å²) in [6.07, 6.45) is -16.2. The van der Waals surface area contributed by atoms with Crippen molar-refractivity contribution in [1.82, 2.24) is 26.3 Å². The fraction of sp³-hybridized carbons (Fsp3) is 0.577. The van der Waals surface area contributed by atoms with Crippen molar-refractivity contribution in [2.75, 3.05) is 77.7 Å². The van der Waals surface area contributed by atoms with E-state index in [1.165, 1.54) is 93.1 Å². The first kappa shape index (κ1) is 114. The summed E-state index contributed by atoms with van der Waals surface area (Å²) in [5.41, 5.74) is 13.6. The Morgan fingerprint density at radius 3 is 2.14 bits per heavy atom. The lowest BCUT2D eigenvalue weighted by Crippen LogP contribution is -2.65. The molecule has 4 aliphatic heterocycles. The third-order valence-corrected chi connectivity index (χ3v) is 29.9. The van der Waals surface area contributed by atoms with Gasteiger partial charge in [-0.3, -0.25) is 38.9 Å². The molecule has 4 fully saturated rings. The summed E-state index contributed by atoms with van der Waals surface area (Å²) >= 11 is 2.74. The molecule has 0 radical (unpaired) electrons. The van der Waals surface area contributed by atoms with Crippen molar-refractivity contribution >= 4 is 137 Å². The first-order chi connectivity index (χ1) is 67.1. The van der Waals surface area contributed by atoms with Gasteiger partial charge in [-0.15, -0.1) is 0 Å². The number of fused-ring (bicyclic) bond motifs is 3. The number of benzene rings is 3. The van der Waals surface area contributed by atoms with Gasteiger partial charge in [-0.05, 0) is 176 Å². The zero-order chi connectivity index (χ0) is 103. The van der Waals surface area contributed by atoms with E-state index in [1.807, 2.05) is 29.5 Å². The number of nitrogens with one attached hydrogen (secondary N) is 6. The Kier molecular flexibility index (Phi) is 43.1. The van der Waals surface area contributed by atoms with E-state index in [0.29, 0.717) is 62.8 Å². The predicted octanol–water partition coefficient (Wildman–Crippen LogP) is 7.42. The SMILES string of the molecule is CCN(C(=O)OCc1ccc(NC(=O)[C@H](CCCNC(N)=O)NC(=O)[C@@H](NC(=O)[C@H](CCCCN)CC(C)=O)C(C)C)cc1)[C@H]1CO[C@@H](O[C@H]2[C@H](O[C@H]3C#C/C=C\C#C[C@]4(O)CC(=O)C(CC(C)=O)=C3/C4=C\CSS[C@H](C)COC(=O)Nc3ccc4c(C)cc(=O)oc4c3)O[C@H](C)[C@@H](NO[C@H]3C[C@H](O)[C@H](SC(=O)c4c(C)c(I)c(O[C@@H]5O[C@@H](C)[C@H](O)[C@@H](OC)[C@H]5O)c(OC)c4OC)[C@@H](C)O3)[C@@H]2O)C[C@@H]1OC. The van der Waals surface area contributed by atoms with Gasteiger partial charge in [0.25, 0.3) is 0 Å². The number of ketones is 3. The molecule has 44 heteroatoms. The standard InChI is InChI=1S/C97H128IN9O31S3/c1-16-107(96(122)130-46-57-27-29-59(30-28-57)102-89(117)64(25-23-36-101-94(100)120)104-90(118)77(48(2)3)105-88(116)58(39-50(5)108)24-20-22-35-99)65-47-128-72(43-70(65)124-12)136-85-80(114)78(106-138-73-42-66(110)87(56(11)131-73)140-91(119)74-53(8)76(98)83(86(127-15)82(74)125-13)137-92-81(115)84(126-14)79(113)55(10)133-92)54(9)132-93(85)135-68-26-19-17-18-21-34-97(123)44-67(111)62(40-51(6)109)75(68)63(97)33-37-139-141-52(7)45-129-95(121)103-60-31-32-61-49(4)38-71(112)134-69(61)41-60/h17-18,27-33,38,41,48,52,54-56,58,64-66,68,70,72-73,77-81,84-85,87,92-93,106,110,113-115,123H,16,20,22-25,35-37,39-40,42-47,99H2,1-15H3,(H,102,117)(H,103,121)(H,104,118)(H,105,116)(H3,100,101,120)/b18-17-,63-33+/t52-,54-,55+,56-,58-,64+,65+,66+,68+,70+,72+,73+,77+,78-,79+,80+,81-,84-,85-,87-,92+,93+,97+/m1/s1. The Hall–Kier alpha value is -9.35. The second-order valence-corrected chi connectivity index (χ2v) is 40.4. The number of hydrogen-bond acceptors (Lipinski definition) is 36. The molecule has 4 aromatic rings. The number of rotatable bonds is 45. The molecule has 40 nitrogen and oxygen atoms in total. The van der Waals surface area contributed by atoms with Crippen molar-refractivity contribution in [3.8, 4) is 40.9 Å². The number of nitrogens with two attached hydrogens (primary N) is 2. The van der Waals surface area contributed by atoms with Gasteiger partial charge in [0, 0.05) is 116 Å². The number of primary amides is 1. The average Bonchev–Trinajstić information content (AvgIpc) is 0.785. The maximum absolute atomic E-state index is 14.7. The summed E-state index contributed by atoms with van der Waals surface area (Å²) in [4.78, 5) is 156. The van der Waals surface area contributed by atoms with Crippen LogP contribution < -0.4 is 63.4 Å². The van der Waals surface area contributed by atoms with Crippen molar-refractivity contribution in [3.05, 3.63) is 120 Å². The molecule has 0 saturated carbocycles. The molecule has 2 aliphatic carbocycles. The van der Waals surface area contributed by atoms with Gasteiger partial charge in [0.1, 0.15) is 79.1 Å². The maximum Gasteiger partial charge on any atom is 0.411 e. The van der Waals surface area contributed by atoms with Crippen LogP contribution in [0, 0.1) is 52.9 Å². The van der Waals surface area contributed by atoms with E-state index in [-0.39, 0.29) is 127 Å². The maximum atomic E-state index is 14.7. The minimum absolute atomic E-state index is 0.0196. The third kappa shape index (κ3) is 30.2. The number of aryl methyl sites for hydroxylation is 1. The van der Waals surface area contributed by atoms with Gasteiger partial charge in [0.15, 0.2) is 41.8 Å². The Labute approximate surface area is 843 Å². The zero-order valence-electron chi connectivity index (χ0n) is 81.2. The van der Waals surface area contributed by atoms with Gasteiger partial charge in [0.2, 0.25) is 34.9 Å². The number of anilines is 2. The Morgan fingerprint density at radius 1 is 0.759 bits per heavy atom. The van der Waals surface area contributed by atoms with Crippen LogP contribution in [0.25, 0.3) is 11.0 Å². The molecule has 23 atom stereocenters. The highest BCUT2D eigenvalue weighted by Gasteiger charge is 2.53. The van der Waals surface area contributed by atoms with Crippen molar-refractivity contribution in [2.45, 2.75) is 280 Å². The molecule has 141 heavy (non-hydrogen) atoms. The molecule has 2 bridgehead atoms. The number of aliphatic hydroxyl groups excluding tert-OH is 4. The molecule has 772 valence electrons. The Bertz CT molecular complexity index is 5390. The molecular weight excluding hydrogens is 2010 g/mol. The number of nitrogens with zero attached hydrogens (tertiary/aromatic N) is 1. The minimum Gasteiger partial charge on any atom is -0.492 e. The van der Waals surface area contributed by atoms with Crippen molar-refractivity contribution in [1.29, 1.82) is 0 Å². The first-order valence-electron chi connectivity index (χ1n) is 46.4. The van der Waals surface area contributed by atoms with Crippen LogP contribution in [0.1, 0.15) is 154 Å². The van der Waals surface area contributed by atoms with Crippen LogP contribution in [0.5, 0.6) is 17.2 Å². The number of aliphatic hydroxyl groups is 5. The van der Waals surface area contributed by atoms with Gasteiger partial charge in [-0.2, -0.15) is 5.48 Å². The van der Waals surface area contributed by atoms with Crippen LogP contribution in [0.3, 0.4) is 0 Å². The lowest BCUT2D eigenvalue weighted by Gasteiger charge is -2.47. The normalized spacial score (nSPS) is 26.8. The van der Waals surface area contributed by atoms with Gasteiger partial charge < -0.3 is 134 Å². The number of ether oxygens (including phenoxy) is 13. The number of carbonyl (C=O) groups excluding carboxylic acids is 10. The highest BCUT2D eigenvalue weighted by Crippen LogP contribution is 2.50. The minimum atomic E-state index is -2.22. The number of amides is 7. The summed E-state index contributed by atoms with van der Waals surface area (Å²) in [6, 6.07) is 7.37. The molecule has 3 aromatic carbocycles. The van der Waals surface area contributed by atoms with Gasteiger partial charge in [-0.1, -0.05) is 95.5 Å². The van der Waals surface area contributed by atoms with Gasteiger partial charge >= 0.3 is 23.8 Å². The number of hydrogen-bond donors (Lipinski definition) is 13. The number of thioether (sulfide) groups is 1. The Balaban J connectivity index is 0.861. The molecule has 5 heterocycles. The quantitative estimate of drug-likeness (QED) is 0.00511. The Morgan fingerprint density at radius 2 is 1.48 bits per heavy atom. The predicted molar refractivity (Wildman–Crippen MR) is 529 cm³/mol. The fourth-order valence-electron chi connectivity index (χ4n) is 17.1. The highest BCUT2D eigenvalue weighted by atomic mass is 127. The van der Waals surface area contributed by atoms with Crippen LogP contribution in [-0.4, -0.2) is 288 Å². The fourth-order valence-corrected chi connectivity index (χ4v) is 20.9. The number of urea groups is 1. The third-order valence-electron chi connectivity index (χ3n) is 24.5. The second-order valence-electron chi connectivity index (χ2n) is 35.3. The van der Waals surface area contributed by atoms with E-state index in [2.05, 4.69) is 55.7 Å². The topological polar surface area (TPSA) is 559 Å². The summed E-state index contributed by atoms with van der Waals surface area (Å²) in [6.45, 7) is 17.8. The van der Waals surface area contributed by atoms with Crippen LogP contribution in [0.2, 0.25) is 0 Å². The van der Waals surface area contributed by atoms with Crippen molar-refractivity contribution in [3.63, 3.8) is 0 Å². The number of Topliss-reactive ketones (excluding diaryl/α,β-unsaturated/α-hetero) is 3. The zero-order valence-corrected chi connectivity index (χ0v) is 85.8. The van der Waals surface area contributed by atoms with E-state index in [0.717, 1.165) is 11.8 Å². The molecule has 0 unspecified atom stereocenters. The second kappa shape index (κ2) is 53.5. The molecule has 6 aliphatic rings. The van der Waals surface area contributed by atoms with E-state index in [1.54, 1.807) is 97.9 Å². The van der Waals surface area contributed by atoms with Crippen LogP contribution in [0.4, 0.5) is 25.8 Å². The van der Waals surface area contributed by atoms with Crippen LogP contribution in [0.15, 0.2) is 92.7 Å². The molecule has 10 rings (SSSR count). The average molecular weight is 2140 g/mol. The molecule has 7 amide bonds. The van der Waals surface area contributed by atoms with Crippen LogP contribution in [-0.2, 0) is 87.6 Å². The van der Waals surface area contributed by atoms with Crippen molar-refractivity contribution in [2.24, 2.45) is 23.3 Å². The van der Waals surface area contributed by atoms with E-state index < -0.39 is 210 Å². The number of halogens is 1. The largest absolute Gasteiger partial charge is 0.492 e. The van der Waals surface area contributed by atoms with Gasteiger partial charge in [0.05, 0.1) is 84.2 Å². The van der Waals surface area contributed by atoms with Crippen LogP contribution >= 0.6 is 55.9 Å². The highest BCUT2D eigenvalue weighted by molar-refractivity contribution is 14.1. The summed E-state index contributed by atoms with van der Waals surface area (Å²) < 4.78 is 86.0. The number of unbranched alkanes of at least 4 members (excludes halogenated alkanes) is 1. The molecule has 0 spiro atoms. The number of hydroxylamine groups is 1. The number of allylic oxidation sites excluding steroid dienone is 3. The molecule has 1 aromatic heterocycles. The molecule has 4 saturated heterocycles. The summed E-state index contributed by atoms with van der Waals surface area (Å²) in [7, 11) is 8.03. The molecular formula is C97H128IN9O31S3. The van der Waals surface area contributed by atoms with Crippen molar-refractivity contribution < 1.29 is 144 Å². The number of carbonyl (C=O) groups is 10. The first-order valence-corrected chi connectivity index (χ1v) is 50.7. The molecule has 15 N–H and O–H groups in total. The lowest BCUT2D eigenvalue weighted by atomic mass is 9.72. The smallest absolute Gasteiger partial charge is 0.411 e. The lowest BCUT2D eigenvalue weighted by molar-refractivity contribution is -0.337. The monoisotopic (exact) mass is 2140 g/mol. The summed E-state index contributed by atoms with van der Waals surface area (Å²) in [5, 5.41) is 72.2. The van der Waals surface area contributed by atoms with E-state index >= 15 is 0 Å². The van der Waals surface area contributed by atoms with E-state index in [9.17, 15) is 78.3 Å². The van der Waals surface area contributed by atoms with E-state index in [4.69, 9.17) is 82.3 Å². The number of methoxy groups -OCH3 is 4. The van der Waals surface area contributed by atoms with Gasteiger partial charge in [-0.25, -0.2) is 19.2 Å².